The van der Waals surface area contributed by atoms with Gasteiger partial charge < -0.3 is 14.8 Å². The van der Waals surface area contributed by atoms with E-state index in [4.69, 9.17) is 9.47 Å². The lowest BCUT2D eigenvalue weighted by atomic mass is 10.2. The van der Waals surface area contributed by atoms with Crippen LogP contribution in [0.5, 0.6) is 0 Å². The van der Waals surface area contributed by atoms with Crippen LogP contribution in [0.3, 0.4) is 0 Å². The Morgan fingerprint density at radius 2 is 1.67 bits per heavy atom. The average Bonchev–Trinajstić information content (AvgIpc) is 2.14. The molecule has 0 aromatic rings. The van der Waals surface area contributed by atoms with Crippen molar-refractivity contribution < 1.29 is 9.47 Å². The molecule has 0 aromatic heterocycles. The van der Waals surface area contributed by atoms with Gasteiger partial charge >= 0.3 is 0 Å². The highest BCUT2D eigenvalue weighted by Crippen LogP contribution is 2.05. The highest BCUT2D eigenvalue weighted by atomic mass is 16.5. The van der Waals surface area contributed by atoms with Crippen molar-refractivity contribution in [1.29, 1.82) is 0 Å². The fraction of sp³-hybridized carbons (Fsp3) is 1.00. The zero-order chi connectivity index (χ0) is 11.6. The molecule has 92 valence electrons. The first-order chi connectivity index (χ1) is 7.06. The third-order valence-corrected chi connectivity index (χ3v) is 2.02. The number of rotatable bonds is 9. The molecular weight excluding hydrogens is 190 g/mol. The molecule has 0 saturated carbocycles. The van der Waals surface area contributed by atoms with Crippen LogP contribution < -0.4 is 5.32 Å². The Kier molecular flexibility index (Phi) is 9.06. The number of methoxy groups -OCH3 is 1. The van der Waals surface area contributed by atoms with Crippen molar-refractivity contribution in [2.45, 2.75) is 45.6 Å². The van der Waals surface area contributed by atoms with Crippen LogP contribution >= 0.6 is 0 Å². The summed E-state index contributed by atoms with van der Waals surface area (Å²) in [6.45, 7) is 9.95. The first-order valence-electron chi connectivity index (χ1n) is 5.90. The van der Waals surface area contributed by atoms with Gasteiger partial charge in [-0.25, -0.2) is 0 Å². The minimum Gasteiger partial charge on any atom is -0.385 e. The van der Waals surface area contributed by atoms with Crippen LogP contribution in [0, 0.1) is 0 Å². The van der Waals surface area contributed by atoms with E-state index in [-0.39, 0.29) is 5.60 Å². The molecule has 0 aliphatic carbocycles. The van der Waals surface area contributed by atoms with E-state index >= 15 is 0 Å². The monoisotopic (exact) mass is 217 g/mol. The summed E-state index contributed by atoms with van der Waals surface area (Å²) in [5.41, 5.74) is -0.0137. The summed E-state index contributed by atoms with van der Waals surface area (Å²) in [5.74, 6) is 0. The molecular formula is C12H27NO2. The van der Waals surface area contributed by atoms with Gasteiger partial charge in [0, 0.05) is 20.3 Å². The molecule has 0 unspecified atom stereocenters. The van der Waals surface area contributed by atoms with Gasteiger partial charge in [0.1, 0.15) is 0 Å². The van der Waals surface area contributed by atoms with Gasteiger partial charge in [-0.1, -0.05) is 0 Å². The summed E-state index contributed by atoms with van der Waals surface area (Å²) in [6, 6.07) is 0. The van der Waals surface area contributed by atoms with E-state index in [0.717, 1.165) is 32.7 Å². The number of ether oxygens (including phenoxy) is 2. The number of hydrogen-bond acceptors (Lipinski definition) is 3. The predicted molar refractivity (Wildman–Crippen MR) is 64.3 cm³/mol. The summed E-state index contributed by atoms with van der Waals surface area (Å²) >= 11 is 0. The molecule has 0 amide bonds. The minimum atomic E-state index is -0.0137. The molecule has 0 fully saturated rings. The minimum absolute atomic E-state index is 0.0137. The van der Waals surface area contributed by atoms with Crippen LogP contribution in [-0.2, 0) is 9.47 Å². The van der Waals surface area contributed by atoms with Crippen molar-refractivity contribution in [3.63, 3.8) is 0 Å². The second-order valence-electron chi connectivity index (χ2n) is 4.76. The molecule has 0 heterocycles. The topological polar surface area (TPSA) is 30.5 Å². The Balaban J connectivity index is 2.99. The lowest BCUT2D eigenvalue weighted by molar-refractivity contribution is -0.000765. The van der Waals surface area contributed by atoms with Crippen LogP contribution in [0.2, 0.25) is 0 Å². The maximum atomic E-state index is 5.59. The fourth-order valence-corrected chi connectivity index (χ4v) is 1.23. The summed E-state index contributed by atoms with van der Waals surface area (Å²) in [6.07, 6.45) is 3.62. The van der Waals surface area contributed by atoms with Crippen molar-refractivity contribution in [2.24, 2.45) is 0 Å². The van der Waals surface area contributed by atoms with Gasteiger partial charge in [0.2, 0.25) is 0 Å². The standard InChI is InChI=1S/C12H27NO2/c1-12(2,3)15-11-9-13-8-6-5-7-10-14-4/h13H,5-11H2,1-4H3. The third-order valence-electron chi connectivity index (χ3n) is 2.02. The third kappa shape index (κ3) is 13.9. The fourth-order valence-electron chi connectivity index (χ4n) is 1.23. The van der Waals surface area contributed by atoms with Gasteiger partial charge in [-0.3, -0.25) is 0 Å². The van der Waals surface area contributed by atoms with Crippen molar-refractivity contribution in [3.05, 3.63) is 0 Å². The number of hydrogen-bond donors (Lipinski definition) is 1. The average molecular weight is 217 g/mol. The normalized spacial score (nSPS) is 12.0. The molecule has 3 heteroatoms. The van der Waals surface area contributed by atoms with Crippen LogP contribution in [0.4, 0.5) is 0 Å². The smallest absolute Gasteiger partial charge is 0.0599 e. The Morgan fingerprint density at radius 3 is 2.27 bits per heavy atom. The molecule has 3 nitrogen and oxygen atoms in total. The van der Waals surface area contributed by atoms with E-state index in [9.17, 15) is 0 Å². The molecule has 1 N–H and O–H groups in total. The zero-order valence-corrected chi connectivity index (χ0v) is 10.8. The van der Waals surface area contributed by atoms with Crippen LogP contribution in [0.15, 0.2) is 0 Å². The largest absolute Gasteiger partial charge is 0.385 e. The molecule has 15 heavy (non-hydrogen) atoms. The summed E-state index contributed by atoms with van der Waals surface area (Å²) in [5, 5.41) is 3.37. The molecule has 0 bridgehead atoms. The first kappa shape index (κ1) is 14.9. The molecule has 0 saturated heterocycles. The lowest BCUT2D eigenvalue weighted by Crippen LogP contribution is -2.27. The molecule has 0 atom stereocenters. The Hall–Kier alpha value is -0.120. The van der Waals surface area contributed by atoms with Crippen molar-refractivity contribution in [1.82, 2.24) is 5.32 Å². The van der Waals surface area contributed by atoms with E-state index in [1.54, 1.807) is 7.11 Å². The predicted octanol–water partition coefficient (Wildman–Crippen LogP) is 2.21. The molecule has 0 rings (SSSR count). The molecule has 0 radical (unpaired) electrons. The number of nitrogens with one attached hydrogen (secondary N) is 1. The molecule has 0 spiro atoms. The maximum Gasteiger partial charge on any atom is 0.0599 e. The molecule has 0 aromatic carbocycles. The van der Waals surface area contributed by atoms with E-state index in [2.05, 4.69) is 26.1 Å². The van der Waals surface area contributed by atoms with E-state index in [0.29, 0.717) is 0 Å². The van der Waals surface area contributed by atoms with Crippen molar-refractivity contribution >= 4 is 0 Å². The highest BCUT2D eigenvalue weighted by Gasteiger charge is 2.08. The van der Waals surface area contributed by atoms with Gasteiger partial charge in [0.15, 0.2) is 0 Å². The van der Waals surface area contributed by atoms with Gasteiger partial charge in [0.05, 0.1) is 12.2 Å². The second-order valence-corrected chi connectivity index (χ2v) is 4.76. The van der Waals surface area contributed by atoms with Crippen LogP contribution in [-0.4, -0.2) is 39.0 Å². The zero-order valence-electron chi connectivity index (χ0n) is 10.8. The SMILES string of the molecule is COCCCCCNCCOC(C)(C)C. The second kappa shape index (κ2) is 9.13. The Bertz CT molecular complexity index is 132. The van der Waals surface area contributed by atoms with Crippen molar-refractivity contribution in [2.75, 3.05) is 33.4 Å². The van der Waals surface area contributed by atoms with Crippen LogP contribution in [0.25, 0.3) is 0 Å². The van der Waals surface area contributed by atoms with Gasteiger partial charge in [-0.2, -0.15) is 0 Å². The van der Waals surface area contributed by atoms with Gasteiger partial charge in [0.25, 0.3) is 0 Å². The summed E-state index contributed by atoms with van der Waals surface area (Å²) < 4.78 is 10.6. The molecule has 0 aliphatic rings. The van der Waals surface area contributed by atoms with E-state index in [1.807, 2.05) is 0 Å². The summed E-state index contributed by atoms with van der Waals surface area (Å²) in [7, 11) is 1.75. The quantitative estimate of drug-likeness (QED) is 0.601. The van der Waals surface area contributed by atoms with Crippen molar-refractivity contribution in [3.8, 4) is 0 Å². The summed E-state index contributed by atoms with van der Waals surface area (Å²) in [4.78, 5) is 0. The molecule has 0 aliphatic heterocycles. The highest BCUT2D eigenvalue weighted by molar-refractivity contribution is 4.59. The van der Waals surface area contributed by atoms with E-state index < -0.39 is 0 Å². The first-order valence-corrected chi connectivity index (χ1v) is 5.90. The Morgan fingerprint density at radius 1 is 0.933 bits per heavy atom. The van der Waals surface area contributed by atoms with Crippen LogP contribution in [0.1, 0.15) is 40.0 Å². The van der Waals surface area contributed by atoms with Gasteiger partial charge in [-0.15, -0.1) is 0 Å². The maximum absolute atomic E-state index is 5.59. The van der Waals surface area contributed by atoms with E-state index in [1.165, 1.54) is 12.8 Å². The number of unbranched alkanes of at least 4 members (excludes halogenated alkanes) is 2. The van der Waals surface area contributed by atoms with Gasteiger partial charge in [-0.05, 0) is 46.6 Å². The lowest BCUT2D eigenvalue weighted by Gasteiger charge is -2.19. The Labute approximate surface area is 94.5 Å².